The number of rotatable bonds is 5. The zero-order valence-corrected chi connectivity index (χ0v) is 18.1. The van der Waals surface area contributed by atoms with Gasteiger partial charge in [0.05, 0.1) is 32.4 Å². The van der Waals surface area contributed by atoms with Crippen molar-refractivity contribution in [3.63, 3.8) is 0 Å². The van der Waals surface area contributed by atoms with Crippen molar-refractivity contribution in [1.82, 2.24) is 19.7 Å². The van der Waals surface area contributed by atoms with E-state index in [4.69, 9.17) is 23.2 Å². The second-order valence-corrected chi connectivity index (χ2v) is 7.50. The van der Waals surface area contributed by atoms with E-state index >= 15 is 0 Å². The Labute approximate surface area is 178 Å². The Morgan fingerprint density at radius 3 is 2.48 bits per heavy atom. The van der Waals surface area contributed by atoms with Crippen LogP contribution in [0.25, 0.3) is 11.0 Å². The minimum absolute atomic E-state index is 0.140. The van der Waals surface area contributed by atoms with Gasteiger partial charge in [-0.1, -0.05) is 29.3 Å². The Balaban J connectivity index is 1.88. The third-order valence-electron chi connectivity index (χ3n) is 4.56. The van der Waals surface area contributed by atoms with E-state index in [1.807, 2.05) is 20.8 Å². The monoisotopic (exact) mass is 433 g/mol. The summed E-state index contributed by atoms with van der Waals surface area (Å²) in [6, 6.07) is 6.68. The molecule has 0 atom stereocenters. The Morgan fingerprint density at radius 2 is 1.86 bits per heavy atom. The van der Waals surface area contributed by atoms with Crippen LogP contribution in [0.15, 0.2) is 24.3 Å². The van der Waals surface area contributed by atoms with E-state index in [1.54, 1.807) is 36.0 Å². The molecule has 3 rings (SSSR count). The average molecular weight is 434 g/mol. The smallest absolute Gasteiger partial charge is 0.255 e. The van der Waals surface area contributed by atoms with Gasteiger partial charge in [0.25, 0.3) is 5.91 Å². The largest absolute Gasteiger partial charge is 0.330 e. The van der Waals surface area contributed by atoms with Crippen molar-refractivity contribution >= 4 is 51.7 Å². The van der Waals surface area contributed by atoms with Gasteiger partial charge in [0.1, 0.15) is 6.54 Å². The normalized spacial score (nSPS) is 11.0. The Kier molecular flexibility index (Phi) is 6.10. The molecule has 2 amide bonds. The van der Waals surface area contributed by atoms with E-state index in [2.05, 4.69) is 15.4 Å². The van der Waals surface area contributed by atoms with E-state index in [-0.39, 0.29) is 18.4 Å². The van der Waals surface area contributed by atoms with E-state index in [9.17, 15) is 9.59 Å². The number of nitrogens with one attached hydrogen (secondary N) is 1. The van der Waals surface area contributed by atoms with Crippen molar-refractivity contribution in [2.45, 2.75) is 20.8 Å². The molecule has 152 valence electrons. The Bertz CT molecular complexity index is 1090. The standard InChI is InChI=1S/C20H21Cl2N5O2/c1-5-27(10-16(28)24-18-14(21)7-6-8-15(18)22)20(29)13-9-11(2)23-19-17(13)12(3)25-26(19)4/h6-9H,5,10H2,1-4H3,(H,24,28). The van der Waals surface area contributed by atoms with Gasteiger partial charge in [0, 0.05) is 19.3 Å². The second-order valence-electron chi connectivity index (χ2n) is 6.68. The lowest BCUT2D eigenvalue weighted by atomic mass is 10.1. The first kappa shape index (κ1) is 21.1. The summed E-state index contributed by atoms with van der Waals surface area (Å²) in [4.78, 5) is 31.8. The minimum Gasteiger partial charge on any atom is -0.330 e. The Morgan fingerprint density at radius 1 is 1.21 bits per heavy atom. The van der Waals surface area contributed by atoms with Crippen molar-refractivity contribution in [2.75, 3.05) is 18.4 Å². The van der Waals surface area contributed by atoms with Crippen LogP contribution in [-0.4, -0.2) is 44.6 Å². The SMILES string of the molecule is CCN(CC(=O)Nc1c(Cl)cccc1Cl)C(=O)c1cc(C)nc2c1c(C)nn2C. The fourth-order valence-electron chi connectivity index (χ4n) is 3.21. The third-order valence-corrected chi connectivity index (χ3v) is 5.19. The molecular formula is C20H21Cl2N5O2. The number of nitrogens with zero attached hydrogens (tertiary/aromatic N) is 4. The lowest BCUT2D eigenvalue weighted by Gasteiger charge is -2.21. The number of hydrogen-bond donors (Lipinski definition) is 1. The molecule has 29 heavy (non-hydrogen) atoms. The number of carbonyl (C=O) groups is 2. The first-order valence-corrected chi connectivity index (χ1v) is 9.82. The number of anilines is 1. The summed E-state index contributed by atoms with van der Waals surface area (Å²) in [5.74, 6) is -0.653. The maximum Gasteiger partial charge on any atom is 0.255 e. The summed E-state index contributed by atoms with van der Waals surface area (Å²) in [6.45, 7) is 5.68. The fourth-order valence-corrected chi connectivity index (χ4v) is 3.70. The molecule has 7 nitrogen and oxygen atoms in total. The molecule has 0 fully saturated rings. The van der Waals surface area contributed by atoms with Crippen LogP contribution in [0.5, 0.6) is 0 Å². The summed E-state index contributed by atoms with van der Waals surface area (Å²) in [7, 11) is 1.79. The number of para-hydroxylation sites is 1. The highest BCUT2D eigenvalue weighted by Gasteiger charge is 2.23. The highest BCUT2D eigenvalue weighted by molar-refractivity contribution is 6.39. The molecule has 0 aliphatic carbocycles. The highest BCUT2D eigenvalue weighted by atomic mass is 35.5. The number of benzene rings is 1. The molecule has 2 aromatic heterocycles. The zero-order chi connectivity index (χ0) is 21.3. The van der Waals surface area contributed by atoms with Crippen molar-refractivity contribution < 1.29 is 9.59 Å². The van der Waals surface area contributed by atoms with Crippen LogP contribution in [0.3, 0.4) is 0 Å². The number of aromatic nitrogens is 3. The topological polar surface area (TPSA) is 80.1 Å². The highest BCUT2D eigenvalue weighted by Crippen LogP contribution is 2.30. The number of fused-ring (bicyclic) bond motifs is 1. The summed E-state index contributed by atoms with van der Waals surface area (Å²) >= 11 is 12.2. The molecule has 0 aliphatic heterocycles. The first-order valence-electron chi connectivity index (χ1n) is 9.07. The molecule has 9 heteroatoms. The molecule has 0 saturated heterocycles. The molecule has 0 spiro atoms. The van der Waals surface area contributed by atoms with Gasteiger partial charge in [-0.2, -0.15) is 5.10 Å². The van der Waals surface area contributed by atoms with E-state index < -0.39 is 0 Å². The van der Waals surface area contributed by atoms with Crippen molar-refractivity contribution in [2.24, 2.45) is 7.05 Å². The maximum atomic E-state index is 13.3. The van der Waals surface area contributed by atoms with Crippen LogP contribution in [0, 0.1) is 13.8 Å². The number of halogens is 2. The van der Waals surface area contributed by atoms with Crippen molar-refractivity contribution in [3.05, 3.63) is 51.3 Å². The molecule has 0 saturated carbocycles. The molecule has 0 aliphatic rings. The zero-order valence-electron chi connectivity index (χ0n) is 16.6. The van der Waals surface area contributed by atoms with Gasteiger partial charge in [0.15, 0.2) is 5.65 Å². The van der Waals surface area contributed by atoms with Crippen LogP contribution in [0.4, 0.5) is 5.69 Å². The number of carbonyl (C=O) groups excluding carboxylic acids is 2. The van der Waals surface area contributed by atoms with Crippen molar-refractivity contribution in [3.8, 4) is 0 Å². The van der Waals surface area contributed by atoms with Gasteiger partial charge >= 0.3 is 0 Å². The molecule has 0 unspecified atom stereocenters. The summed E-state index contributed by atoms with van der Waals surface area (Å²) < 4.78 is 1.65. The van der Waals surface area contributed by atoms with Crippen LogP contribution in [0.1, 0.15) is 28.7 Å². The van der Waals surface area contributed by atoms with Crippen LogP contribution in [-0.2, 0) is 11.8 Å². The van der Waals surface area contributed by atoms with Gasteiger partial charge in [-0.15, -0.1) is 0 Å². The third kappa shape index (κ3) is 4.21. The van der Waals surface area contributed by atoms with Crippen LogP contribution in [0.2, 0.25) is 10.0 Å². The lowest BCUT2D eigenvalue weighted by molar-refractivity contribution is -0.116. The fraction of sp³-hybridized carbons (Fsp3) is 0.300. The number of aryl methyl sites for hydroxylation is 3. The first-order chi connectivity index (χ1) is 13.7. The molecule has 0 bridgehead atoms. The lowest BCUT2D eigenvalue weighted by Crippen LogP contribution is -2.38. The minimum atomic E-state index is -0.389. The molecule has 1 N–H and O–H groups in total. The van der Waals surface area contributed by atoms with E-state index in [0.717, 1.165) is 0 Å². The average Bonchev–Trinajstić information content (AvgIpc) is 2.95. The predicted molar refractivity (Wildman–Crippen MR) is 115 cm³/mol. The van der Waals surface area contributed by atoms with Gasteiger partial charge in [-0.3, -0.25) is 14.3 Å². The van der Waals surface area contributed by atoms with Crippen LogP contribution < -0.4 is 5.32 Å². The van der Waals surface area contributed by atoms with Gasteiger partial charge in [-0.25, -0.2) is 4.98 Å². The van der Waals surface area contributed by atoms with E-state index in [0.29, 0.717) is 50.3 Å². The summed E-state index contributed by atoms with van der Waals surface area (Å²) in [5.41, 5.74) is 2.85. The number of pyridine rings is 1. The van der Waals surface area contributed by atoms with Crippen LogP contribution >= 0.6 is 23.2 Å². The molecule has 3 aromatic rings. The number of likely N-dealkylation sites (N-methyl/N-ethyl adjacent to an activating group) is 1. The summed E-state index contributed by atoms with van der Waals surface area (Å²) in [6.07, 6.45) is 0. The molecule has 0 radical (unpaired) electrons. The van der Waals surface area contributed by atoms with Gasteiger partial charge in [-0.05, 0) is 39.0 Å². The molecule has 2 heterocycles. The maximum absolute atomic E-state index is 13.3. The second kappa shape index (κ2) is 8.39. The van der Waals surface area contributed by atoms with Gasteiger partial charge in [0.2, 0.25) is 5.91 Å². The summed E-state index contributed by atoms with van der Waals surface area (Å²) in [5, 5.41) is 8.41. The number of hydrogen-bond acceptors (Lipinski definition) is 4. The molecular weight excluding hydrogens is 413 g/mol. The van der Waals surface area contributed by atoms with Crippen molar-refractivity contribution in [1.29, 1.82) is 0 Å². The van der Waals surface area contributed by atoms with Gasteiger partial charge < -0.3 is 10.2 Å². The van der Waals surface area contributed by atoms with E-state index in [1.165, 1.54) is 4.90 Å². The quantitative estimate of drug-likeness (QED) is 0.659. The Hall–Kier alpha value is -2.64. The molecule has 1 aromatic carbocycles. The predicted octanol–water partition coefficient (Wildman–Crippen LogP) is 3.99. The number of amides is 2.